The first-order valence-electron chi connectivity index (χ1n) is 8.49. The number of ether oxygens (including phenoxy) is 1. The van der Waals surface area contributed by atoms with E-state index in [2.05, 4.69) is 16.9 Å². The highest BCUT2D eigenvalue weighted by atomic mass is 32.2. The molecule has 8 heteroatoms. The minimum atomic E-state index is -3.69. The highest BCUT2D eigenvalue weighted by Gasteiger charge is 2.17. The maximum Gasteiger partial charge on any atom is 0.238 e. The predicted octanol–water partition coefficient (Wildman–Crippen LogP) is 2.81. The molecule has 0 bridgehead atoms. The molecule has 2 atom stereocenters. The fourth-order valence-electron chi connectivity index (χ4n) is 2.41. The normalized spacial score (nSPS) is 13.9. The van der Waals surface area contributed by atoms with Crippen LogP contribution in [0.2, 0.25) is 0 Å². The number of hydrogen-bond donors (Lipinski definition) is 1. The molecule has 0 fully saturated rings. The Kier molecular flexibility index (Phi) is 6.20. The molecule has 0 amide bonds. The van der Waals surface area contributed by atoms with Crippen molar-refractivity contribution >= 4 is 15.8 Å². The second-order valence-corrected chi connectivity index (χ2v) is 7.91. The van der Waals surface area contributed by atoms with Crippen molar-refractivity contribution in [2.24, 2.45) is 5.14 Å². The lowest BCUT2D eigenvalue weighted by atomic mass is 10.1. The van der Waals surface area contributed by atoms with E-state index in [0.717, 1.165) is 17.8 Å². The molecule has 0 spiro atoms. The molecular weight excluding hydrogens is 352 g/mol. The molecular formula is C18H26N4O3S. The van der Waals surface area contributed by atoms with Gasteiger partial charge in [-0.1, -0.05) is 19.1 Å². The van der Waals surface area contributed by atoms with Crippen LogP contribution < -0.4 is 14.8 Å². The Morgan fingerprint density at radius 1 is 1.19 bits per heavy atom. The fourth-order valence-corrected chi connectivity index (χ4v) is 2.93. The van der Waals surface area contributed by atoms with Crippen LogP contribution in [0, 0.1) is 6.92 Å². The van der Waals surface area contributed by atoms with Crippen molar-refractivity contribution in [2.45, 2.75) is 51.2 Å². The summed E-state index contributed by atoms with van der Waals surface area (Å²) in [6.07, 6.45) is 0.965. The number of rotatable bonds is 7. The number of aromatic nitrogens is 2. The van der Waals surface area contributed by atoms with Gasteiger partial charge in [-0.25, -0.2) is 18.5 Å². The van der Waals surface area contributed by atoms with Gasteiger partial charge in [-0.15, -0.1) is 0 Å². The number of hydrogen-bond acceptors (Lipinski definition) is 6. The van der Waals surface area contributed by atoms with E-state index in [9.17, 15) is 8.42 Å². The Hall–Kier alpha value is -2.19. The summed E-state index contributed by atoms with van der Waals surface area (Å²) in [4.78, 5) is 10.9. The SMILES string of the molecule is CCC(C)Oc1cc(N(C)C(C)c2ccc(S(N)(=O)=O)cc2)nc(C)n1. The highest BCUT2D eigenvalue weighted by Crippen LogP contribution is 2.27. The van der Waals surface area contributed by atoms with Crippen LogP contribution in [-0.2, 0) is 10.0 Å². The minimum Gasteiger partial charge on any atom is -0.475 e. The standard InChI is InChI=1S/C18H26N4O3S/c1-6-12(2)25-18-11-17(20-14(4)21-18)22(5)13(3)15-7-9-16(10-8-15)26(19,23)24/h7-13H,6H2,1-5H3,(H2,19,23,24). The lowest BCUT2D eigenvalue weighted by molar-refractivity contribution is 0.208. The maximum absolute atomic E-state index is 11.4. The number of anilines is 1. The Bertz CT molecular complexity index is 853. The molecule has 2 unspecified atom stereocenters. The topological polar surface area (TPSA) is 98.4 Å². The largest absolute Gasteiger partial charge is 0.475 e. The molecule has 0 aliphatic heterocycles. The summed E-state index contributed by atoms with van der Waals surface area (Å²) < 4.78 is 28.6. The number of nitrogens with two attached hydrogens (primary N) is 1. The first-order chi connectivity index (χ1) is 12.1. The van der Waals surface area contributed by atoms with Gasteiger partial charge in [0.1, 0.15) is 11.6 Å². The van der Waals surface area contributed by atoms with Gasteiger partial charge in [0.15, 0.2) is 0 Å². The van der Waals surface area contributed by atoms with Gasteiger partial charge in [0.25, 0.3) is 0 Å². The highest BCUT2D eigenvalue weighted by molar-refractivity contribution is 7.89. The van der Waals surface area contributed by atoms with E-state index in [-0.39, 0.29) is 17.0 Å². The third-order valence-electron chi connectivity index (χ3n) is 4.33. The molecule has 26 heavy (non-hydrogen) atoms. The molecule has 0 radical (unpaired) electrons. The van der Waals surface area contributed by atoms with Crippen molar-refractivity contribution in [3.8, 4) is 5.88 Å². The first-order valence-corrected chi connectivity index (χ1v) is 10.0. The number of benzene rings is 1. The van der Waals surface area contributed by atoms with Gasteiger partial charge < -0.3 is 9.64 Å². The van der Waals surface area contributed by atoms with Gasteiger partial charge in [0.2, 0.25) is 15.9 Å². The van der Waals surface area contributed by atoms with E-state index in [4.69, 9.17) is 9.88 Å². The van der Waals surface area contributed by atoms with Crippen LogP contribution in [0.3, 0.4) is 0 Å². The van der Waals surface area contributed by atoms with E-state index in [1.54, 1.807) is 12.1 Å². The third kappa shape index (κ3) is 4.92. The van der Waals surface area contributed by atoms with Crippen molar-refractivity contribution in [2.75, 3.05) is 11.9 Å². The molecule has 1 aromatic carbocycles. The van der Waals surface area contributed by atoms with Crippen LogP contribution in [-0.4, -0.2) is 31.5 Å². The molecule has 2 rings (SSSR count). The van der Waals surface area contributed by atoms with Crippen LogP contribution in [0.4, 0.5) is 5.82 Å². The lowest BCUT2D eigenvalue weighted by Crippen LogP contribution is -2.23. The number of aryl methyl sites for hydroxylation is 1. The van der Waals surface area contributed by atoms with E-state index >= 15 is 0 Å². The number of nitrogens with zero attached hydrogens (tertiary/aromatic N) is 3. The van der Waals surface area contributed by atoms with Crippen molar-refractivity contribution in [3.63, 3.8) is 0 Å². The zero-order chi connectivity index (χ0) is 19.5. The molecule has 0 aliphatic rings. The van der Waals surface area contributed by atoms with Crippen molar-refractivity contribution < 1.29 is 13.2 Å². The Labute approximate surface area is 155 Å². The minimum absolute atomic E-state index is 0.0322. The van der Waals surface area contributed by atoms with Gasteiger partial charge in [-0.3, -0.25) is 0 Å². The fraction of sp³-hybridized carbons (Fsp3) is 0.444. The van der Waals surface area contributed by atoms with Crippen LogP contribution in [0.15, 0.2) is 35.2 Å². The van der Waals surface area contributed by atoms with E-state index < -0.39 is 10.0 Å². The molecule has 1 heterocycles. The average molecular weight is 378 g/mol. The second-order valence-electron chi connectivity index (χ2n) is 6.35. The molecule has 142 valence electrons. The van der Waals surface area contributed by atoms with Crippen LogP contribution in [0.1, 0.15) is 44.6 Å². The Balaban J connectivity index is 2.26. The smallest absolute Gasteiger partial charge is 0.238 e. The monoisotopic (exact) mass is 378 g/mol. The zero-order valence-electron chi connectivity index (χ0n) is 15.8. The van der Waals surface area contributed by atoms with Crippen LogP contribution >= 0.6 is 0 Å². The van der Waals surface area contributed by atoms with Gasteiger partial charge in [-0.2, -0.15) is 4.98 Å². The molecule has 2 aromatic rings. The van der Waals surface area contributed by atoms with Crippen LogP contribution in [0.25, 0.3) is 0 Å². The van der Waals surface area contributed by atoms with Crippen LogP contribution in [0.5, 0.6) is 5.88 Å². The molecule has 7 nitrogen and oxygen atoms in total. The quantitative estimate of drug-likeness (QED) is 0.795. The summed E-state index contributed by atoms with van der Waals surface area (Å²) in [5.41, 5.74) is 0.945. The Morgan fingerprint density at radius 3 is 2.35 bits per heavy atom. The average Bonchev–Trinajstić information content (AvgIpc) is 2.59. The van der Waals surface area contributed by atoms with Crippen molar-refractivity contribution in [3.05, 3.63) is 41.7 Å². The van der Waals surface area contributed by atoms with Gasteiger partial charge in [0, 0.05) is 13.1 Å². The predicted molar refractivity (Wildman–Crippen MR) is 102 cm³/mol. The van der Waals surface area contributed by atoms with E-state index in [1.807, 2.05) is 38.8 Å². The first kappa shape index (κ1) is 20.1. The summed E-state index contributed by atoms with van der Waals surface area (Å²) >= 11 is 0. The summed E-state index contributed by atoms with van der Waals surface area (Å²) in [5.74, 6) is 1.91. The number of primary sulfonamides is 1. The third-order valence-corrected chi connectivity index (χ3v) is 5.26. The molecule has 1 aromatic heterocycles. The Morgan fingerprint density at radius 2 is 1.81 bits per heavy atom. The summed E-state index contributed by atoms with van der Waals surface area (Å²) in [6, 6.07) is 8.32. The van der Waals surface area contributed by atoms with Gasteiger partial charge in [-0.05, 0) is 44.9 Å². The van der Waals surface area contributed by atoms with Gasteiger partial charge >= 0.3 is 0 Å². The van der Waals surface area contributed by atoms with E-state index in [0.29, 0.717) is 11.7 Å². The second kappa shape index (κ2) is 8.01. The molecule has 0 saturated heterocycles. The number of sulfonamides is 1. The summed E-state index contributed by atoms with van der Waals surface area (Å²) in [6.45, 7) is 7.89. The molecule has 0 saturated carbocycles. The van der Waals surface area contributed by atoms with Crippen molar-refractivity contribution in [1.82, 2.24) is 9.97 Å². The summed E-state index contributed by atoms with van der Waals surface area (Å²) in [7, 11) is -1.77. The molecule has 2 N–H and O–H groups in total. The van der Waals surface area contributed by atoms with Gasteiger partial charge in [0.05, 0.1) is 17.0 Å². The molecule has 0 aliphatic carbocycles. The van der Waals surface area contributed by atoms with E-state index in [1.165, 1.54) is 12.1 Å². The lowest BCUT2D eigenvalue weighted by Gasteiger charge is -2.27. The maximum atomic E-state index is 11.4. The van der Waals surface area contributed by atoms with Crippen molar-refractivity contribution in [1.29, 1.82) is 0 Å². The summed E-state index contributed by atoms with van der Waals surface area (Å²) in [5, 5.41) is 5.15. The zero-order valence-corrected chi connectivity index (χ0v) is 16.6.